The first kappa shape index (κ1) is 15.6. The molecule has 0 fully saturated rings. The normalized spacial score (nSPS) is 10.0. The molecular formula is C18H18O4. The Hall–Kier alpha value is -2.75. The van der Waals surface area contributed by atoms with Crippen molar-refractivity contribution in [3.05, 3.63) is 71.8 Å². The fourth-order valence-electron chi connectivity index (χ4n) is 2.14. The molecule has 2 aromatic rings. The van der Waals surface area contributed by atoms with E-state index < -0.39 is 5.97 Å². The van der Waals surface area contributed by atoms with E-state index in [2.05, 4.69) is 6.58 Å². The van der Waals surface area contributed by atoms with Crippen LogP contribution >= 0.6 is 0 Å². The Bertz CT molecular complexity index is 662. The van der Waals surface area contributed by atoms with Crippen LogP contribution in [0.1, 0.15) is 21.5 Å². The standard InChI is InChI=1S/C18H18O4/c1-3-7-14-10-15(18(19)20)11-16(21-2)17(14)22-12-13-8-5-4-6-9-13/h3-6,8-11H,1,7,12H2,2H3,(H,19,20). The van der Waals surface area contributed by atoms with Gasteiger partial charge in [-0.1, -0.05) is 36.4 Å². The largest absolute Gasteiger partial charge is 0.493 e. The van der Waals surface area contributed by atoms with E-state index >= 15 is 0 Å². The molecule has 0 unspecified atom stereocenters. The lowest BCUT2D eigenvalue weighted by atomic mass is 10.1. The number of ether oxygens (including phenoxy) is 2. The molecule has 0 aliphatic rings. The SMILES string of the molecule is C=CCc1cc(C(=O)O)cc(OC)c1OCc1ccccc1. The molecule has 0 amide bonds. The molecule has 4 heteroatoms. The minimum Gasteiger partial charge on any atom is -0.493 e. The predicted molar refractivity (Wildman–Crippen MR) is 84.6 cm³/mol. The highest BCUT2D eigenvalue weighted by atomic mass is 16.5. The van der Waals surface area contributed by atoms with Crippen molar-refractivity contribution in [1.29, 1.82) is 0 Å². The van der Waals surface area contributed by atoms with E-state index in [1.165, 1.54) is 13.2 Å². The molecule has 0 saturated heterocycles. The molecule has 0 bridgehead atoms. The Morgan fingerprint density at radius 1 is 1.27 bits per heavy atom. The minimum absolute atomic E-state index is 0.167. The summed E-state index contributed by atoms with van der Waals surface area (Å²) in [4.78, 5) is 11.2. The van der Waals surface area contributed by atoms with E-state index in [-0.39, 0.29) is 5.56 Å². The van der Waals surface area contributed by atoms with Crippen molar-refractivity contribution in [2.24, 2.45) is 0 Å². The molecule has 22 heavy (non-hydrogen) atoms. The summed E-state index contributed by atoms with van der Waals surface area (Å²) in [6, 6.07) is 12.8. The van der Waals surface area contributed by atoms with E-state index in [1.54, 1.807) is 12.1 Å². The lowest BCUT2D eigenvalue weighted by Gasteiger charge is -2.15. The van der Waals surface area contributed by atoms with Crippen LogP contribution in [-0.2, 0) is 13.0 Å². The maximum absolute atomic E-state index is 11.2. The average molecular weight is 298 g/mol. The third kappa shape index (κ3) is 3.67. The van der Waals surface area contributed by atoms with Crippen LogP contribution in [-0.4, -0.2) is 18.2 Å². The first-order valence-electron chi connectivity index (χ1n) is 6.87. The van der Waals surface area contributed by atoms with Gasteiger partial charge in [-0.3, -0.25) is 0 Å². The summed E-state index contributed by atoms with van der Waals surface area (Å²) in [6.07, 6.45) is 2.21. The highest BCUT2D eigenvalue weighted by Gasteiger charge is 2.16. The van der Waals surface area contributed by atoms with Gasteiger partial charge in [0.25, 0.3) is 0 Å². The van der Waals surface area contributed by atoms with Crippen LogP contribution in [0.15, 0.2) is 55.1 Å². The Labute approximate surface area is 129 Å². The highest BCUT2D eigenvalue weighted by molar-refractivity contribution is 5.89. The van der Waals surface area contributed by atoms with E-state index in [0.717, 1.165) is 11.1 Å². The maximum Gasteiger partial charge on any atom is 0.335 e. The van der Waals surface area contributed by atoms with E-state index in [4.69, 9.17) is 9.47 Å². The molecule has 2 aromatic carbocycles. The fourth-order valence-corrected chi connectivity index (χ4v) is 2.14. The smallest absolute Gasteiger partial charge is 0.335 e. The van der Waals surface area contributed by atoms with Gasteiger partial charge < -0.3 is 14.6 Å². The van der Waals surface area contributed by atoms with Crippen LogP contribution in [0.5, 0.6) is 11.5 Å². The summed E-state index contributed by atoms with van der Waals surface area (Å²) in [7, 11) is 1.49. The molecular weight excluding hydrogens is 280 g/mol. The lowest BCUT2D eigenvalue weighted by molar-refractivity contribution is 0.0696. The quantitative estimate of drug-likeness (QED) is 0.792. The van der Waals surface area contributed by atoms with E-state index in [0.29, 0.717) is 24.5 Å². The number of methoxy groups -OCH3 is 1. The van der Waals surface area contributed by atoms with E-state index in [1.807, 2.05) is 30.3 Å². The number of aromatic carboxylic acids is 1. The molecule has 0 aromatic heterocycles. The average Bonchev–Trinajstić information content (AvgIpc) is 2.54. The van der Waals surface area contributed by atoms with Gasteiger partial charge in [0.15, 0.2) is 11.5 Å². The summed E-state index contributed by atoms with van der Waals surface area (Å²) in [5, 5.41) is 9.17. The van der Waals surface area contributed by atoms with Crippen molar-refractivity contribution in [2.45, 2.75) is 13.0 Å². The summed E-state index contributed by atoms with van der Waals surface area (Å²) >= 11 is 0. The molecule has 0 spiro atoms. The Kier molecular flexibility index (Phi) is 5.20. The van der Waals surface area contributed by atoms with Crippen molar-refractivity contribution >= 4 is 5.97 Å². The lowest BCUT2D eigenvalue weighted by Crippen LogP contribution is -2.04. The van der Waals surface area contributed by atoms with E-state index in [9.17, 15) is 9.90 Å². The Morgan fingerprint density at radius 2 is 2.00 bits per heavy atom. The minimum atomic E-state index is -1.00. The Balaban J connectivity index is 2.34. The summed E-state index contributed by atoms with van der Waals surface area (Å²) in [5.41, 5.74) is 1.93. The zero-order valence-corrected chi connectivity index (χ0v) is 12.4. The third-order valence-corrected chi connectivity index (χ3v) is 3.19. The molecule has 0 atom stereocenters. The van der Waals surface area contributed by atoms with Crippen molar-refractivity contribution in [2.75, 3.05) is 7.11 Å². The molecule has 1 N–H and O–H groups in total. The van der Waals surface area contributed by atoms with Crippen molar-refractivity contribution in [3.63, 3.8) is 0 Å². The van der Waals surface area contributed by atoms with Gasteiger partial charge >= 0.3 is 5.97 Å². The number of benzene rings is 2. The maximum atomic E-state index is 11.2. The van der Waals surface area contributed by atoms with Gasteiger partial charge in [0.2, 0.25) is 0 Å². The monoisotopic (exact) mass is 298 g/mol. The second-order valence-corrected chi connectivity index (χ2v) is 4.74. The molecule has 2 rings (SSSR count). The predicted octanol–water partition coefficient (Wildman–Crippen LogP) is 3.70. The van der Waals surface area contributed by atoms with Gasteiger partial charge in [0.05, 0.1) is 12.7 Å². The highest BCUT2D eigenvalue weighted by Crippen LogP contribution is 2.34. The molecule has 0 radical (unpaired) electrons. The molecule has 4 nitrogen and oxygen atoms in total. The van der Waals surface area contributed by atoms with Gasteiger partial charge in [0, 0.05) is 5.56 Å². The van der Waals surface area contributed by atoms with Crippen molar-refractivity contribution < 1.29 is 19.4 Å². The fraction of sp³-hybridized carbons (Fsp3) is 0.167. The zero-order valence-electron chi connectivity index (χ0n) is 12.4. The van der Waals surface area contributed by atoms with Crippen LogP contribution in [0.4, 0.5) is 0 Å². The number of allylic oxidation sites excluding steroid dienone is 1. The number of rotatable bonds is 7. The van der Waals surface area contributed by atoms with Crippen LogP contribution in [0.3, 0.4) is 0 Å². The first-order valence-corrected chi connectivity index (χ1v) is 6.87. The van der Waals surface area contributed by atoms with Gasteiger partial charge in [-0.25, -0.2) is 4.79 Å². The van der Waals surface area contributed by atoms with Crippen LogP contribution < -0.4 is 9.47 Å². The molecule has 0 aliphatic heterocycles. The number of carboxylic acid groups (broad SMARTS) is 1. The van der Waals surface area contributed by atoms with Crippen molar-refractivity contribution in [3.8, 4) is 11.5 Å². The van der Waals surface area contributed by atoms with Crippen molar-refractivity contribution in [1.82, 2.24) is 0 Å². The van der Waals surface area contributed by atoms with Gasteiger partial charge in [-0.15, -0.1) is 6.58 Å². The molecule has 0 aliphatic carbocycles. The van der Waals surface area contributed by atoms with Crippen LogP contribution in [0, 0.1) is 0 Å². The molecule has 0 saturated carbocycles. The third-order valence-electron chi connectivity index (χ3n) is 3.19. The number of hydrogen-bond acceptors (Lipinski definition) is 3. The number of carbonyl (C=O) groups is 1. The summed E-state index contributed by atoms with van der Waals surface area (Å²) in [6.45, 7) is 4.08. The Morgan fingerprint density at radius 3 is 2.59 bits per heavy atom. The van der Waals surface area contributed by atoms with Gasteiger partial charge in [-0.05, 0) is 24.1 Å². The molecule has 114 valence electrons. The zero-order chi connectivity index (χ0) is 15.9. The summed E-state index contributed by atoms with van der Waals surface area (Å²) in [5.74, 6) is -0.0397. The van der Waals surface area contributed by atoms with Gasteiger partial charge in [-0.2, -0.15) is 0 Å². The second-order valence-electron chi connectivity index (χ2n) is 4.74. The van der Waals surface area contributed by atoms with Crippen LogP contribution in [0.2, 0.25) is 0 Å². The topological polar surface area (TPSA) is 55.8 Å². The van der Waals surface area contributed by atoms with Gasteiger partial charge in [0.1, 0.15) is 6.61 Å². The molecule has 0 heterocycles. The number of carboxylic acids is 1. The summed E-state index contributed by atoms with van der Waals surface area (Å²) < 4.78 is 11.2. The first-order chi connectivity index (χ1) is 10.7. The van der Waals surface area contributed by atoms with Crippen LogP contribution in [0.25, 0.3) is 0 Å². The second kappa shape index (κ2) is 7.31. The number of hydrogen-bond donors (Lipinski definition) is 1.